The number of hydrogen-bond acceptors (Lipinski definition) is 3. The van der Waals surface area contributed by atoms with Crippen LogP contribution in [-0.2, 0) is 5.54 Å². The van der Waals surface area contributed by atoms with E-state index in [4.69, 9.17) is 5.73 Å². The van der Waals surface area contributed by atoms with E-state index in [0.29, 0.717) is 5.69 Å². The van der Waals surface area contributed by atoms with Gasteiger partial charge in [0.2, 0.25) is 0 Å². The van der Waals surface area contributed by atoms with Crippen molar-refractivity contribution in [3.05, 3.63) is 18.6 Å². The molecule has 0 aliphatic heterocycles. The number of nitrogens with two attached hydrogens (primary N) is 1. The molecule has 0 aromatic carbocycles. The Morgan fingerprint density at radius 3 is 2.64 bits per heavy atom. The lowest BCUT2D eigenvalue weighted by molar-refractivity contribution is 0.406. The van der Waals surface area contributed by atoms with E-state index in [2.05, 4.69) is 30.7 Å². The molecule has 74 valence electrons. The highest BCUT2D eigenvalue weighted by molar-refractivity contribution is 5.74. The second-order valence-electron chi connectivity index (χ2n) is 4.40. The van der Waals surface area contributed by atoms with Gasteiger partial charge in [0, 0.05) is 5.54 Å². The van der Waals surface area contributed by atoms with Crippen LogP contribution in [-0.4, -0.2) is 14.5 Å². The van der Waals surface area contributed by atoms with Crippen LogP contribution in [0.2, 0.25) is 0 Å². The van der Waals surface area contributed by atoms with Gasteiger partial charge in [-0.05, 0) is 26.8 Å². The molecule has 0 saturated carbocycles. The van der Waals surface area contributed by atoms with E-state index in [9.17, 15) is 0 Å². The van der Waals surface area contributed by atoms with E-state index < -0.39 is 0 Å². The molecule has 0 aliphatic rings. The molecular formula is C10H14N4. The Bertz CT molecular complexity index is 464. The minimum atomic E-state index is -0.00212. The van der Waals surface area contributed by atoms with Crippen LogP contribution in [0.4, 0.5) is 5.69 Å². The van der Waals surface area contributed by atoms with Gasteiger partial charge in [-0.1, -0.05) is 0 Å². The van der Waals surface area contributed by atoms with E-state index in [1.54, 1.807) is 12.5 Å². The van der Waals surface area contributed by atoms with Crippen molar-refractivity contribution in [2.24, 2.45) is 0 Å². The number of hydrogen-bond donors (Lipinski definition) is 1. The summed E-state index contributed by atoms with van der Waals surface area (Å²) in [5.41, 5.74) is 8.01. The highest BCUT2D eigenvalue weighted by atomic mass is 15.1. The molecule has 2 heterocycles. The van der Waals surface area contributed by atoms with Crippen molar-refractivity contribution in [3.8, 4) is 0 Å². The summed E-state index contributed by atoms with van der Waals surface area (Å²) in [6, 6.07) is 1.84. The second-order valence-corrected chi connectivity index (χ2v) is 4.40. The number of aromatic nitrogens is 3. The zero-order valence-electron chi connectivity index (χ0n) is 8.65. The fourth-order valence-corrected chi connectivity index (χ4v) is 1.41. The van der Waals surface area contributed by atoms with E-state index >= 15 is 0 Å². The third-order valence-electron chi connectivity index (χ3n) is 2.13. The minimum Gasteiger partial charge on any atom is -0.397 e. The molecular weight excluding hydrogens is 176 g/mol. The Hall–Kier alpha value is -1.58. The number of imidazole rings is 1. The molecule has 0 amide bonds. The molecule has 2 rings (SSSR count). The molecule has 0 bridgehead atoms. The number of nitrogens with zero attached hydrogens (tertiary/aromatic N) is 3. The number of rotatable bonds is 0. The predicted octanol–water partition coefficient (Wildman–Crippen LogP) is 1.77. The van der Waals surface area contributed by atoms with Gasteiger partial charge in [0.25, 0.3) is 0 Å². The molecule has 4 nitrogen and oxygen atoms in total. The summed E-state index contributed by atoms with van der Waals surface area (Å²) in [4.78, 5) is 8.55. The second kappa shape index (κ2) is 2.70. The van der Waals surface area contributed by atoms with Crippen LogP contribution in [0.25, 0.3) is 11.2 Å². The summed E-state index contributed by atoms with van der Waals surface area (Å²) in [5.74, 6) is 0. The fraction of sp³-hybridized carbons (Fsp3) is 0.400. The molecule has 0 fully saturated rings. The van der Waals surface area contributed by atoms with Crippen molar-refractivity contribution >= 4 is 16.9 Å². The zero-order valence-corrected chi connectivity index (χ0v) is 8.65. The van der Waals surface area contributed by atoms with Crippen molar-refractivity contribution in [2.45, 2.75) is 26.3 Å². The normalized spacial score (nSPS) is 12.2. The predicted molar refractivity (Wildman–Crippen MR) is 56.9 cm³/mol. The van der Waals surface area contributed by atoms with Crippen LogP contribution < -0.4 is 5.73 Å². The molecule has 0 atom stereocenters. The minimum absolute atomic E-state index is 0.00212. The Morgan fingerprint density at radius 1 is 1.29 bits per heavy atom. The molecule has 2 aromatic rings. The first kappa shape index (κ1) is 8.99. The van der Waals surface area contributed by atoms with Crippen LogP contribution in [0.1, 0.15) is 20.8 Å². The zero-order chi connectivity index (χ0) is 10.3. The summed E-state index contributed by atoms with van der Waals surface area (Å²) < 4.78 is 2.04. The van der Waals surface area contributed by atoms with Crippen LogP contribution in [0.15, 0.2) is 18.6 Å². The smallest absolute Gasteiger partial charge is 0.160 e. The van der Waals surface area contributed by atoms with Gasteiger partial charge in [0.05, 0.1) is 18.2 Å². The van der Waals surface area contributed by atoms with Crippen molar-refractivity contribution in [1.29, 1.82) is 0 Å². The molecule has 0 unspecified atom stereocenters. The molecule has 0 spiro atoms. The summed E-state index contributed by atoms with van der Waals surface area (Å²) in [6.45, 7) is 6.35. The van der Waals surface area contributed by atoms with E-state index in [1.807, 2.05) is 10.6 Å². The molecule has 4 heteroatoms. The largest absolute Gasteiger partial charge is 0.397 e. The summed E-state index contributed by atoms with van der Waals surface area (Å²) >= 11 is 0. The number of fused-ring (bicyclic) bond motifs is 1. The van der Waals surface area contributed by atoms with Crippen LogP contribution >= 0.6 is 0 Å². The molecule has 0 saturated heterocycles. The van der Waals surface area contributed by atoms with Gasteiger partial charge in [-0.15, -0.1) is 0 Å². The standard InChI is InChI=1S/C10H14N4/c1-10(2,3)14-6-13-8-4-7(11)5-12-9(8)14/h4-6H,11H2,1-3H3. The first-order valence-corrected chi connectivity index (χ1v) is 4.57. The Kier molecular flexibility index (Phi) is 1.74. The topological polar surface area (TPSA) is 56.7 Å². The van der Waals surface area contributed by atoms with Gasteiger partial charge < -0.3 is 10.3 Å². The Morgan fingerprint density at radius 2 is 2.00 bits per heavy atom. The average molecular weight is 190 g/mol. The van der Waals surface area contributed by atoms with E-state index in [-0.39, 0.29) is 5.54 Å². The van der Waals surface area contributed by atoms with Crippen LogP contribution in [0, 0.1) is 0 Å². The lowest BCUT2D eigenvalue weighted by Gasteiger charge is -2.20. The van der Waals surface area contributed by atoms with Gasteiger partial charge >= 0.3 is 0 Å². The quantitative estimate of drug-likeness (QED) is 0.688. The lowest BCUT2D eigenvalue weighted by Crippen LogP contribution is -2.20. The molecule has 0 radical (unpaired) electrons. The van der Waals surface area contributed by atoms with E-state index in [0.717, 1.165) is 11.2 Å². The number of nitrogen functional groups attached to an aromatic ring is 1. The van der Waals surface area contributed by atoms with Crippen molar-refractivity contribution in [1.82, 2.24) is 14.5 Å². The summed E-state index contributed by atoms with van der Waals surface area (Å²) in [6.07, 6.45) is 3.46. The Labute approximate surface area is 82.8 Å². The first-order valence-electron chi connectivity index (χ1n) is 4.57. The van der Waals surface area contributed by atoms with Crippen molar-refractivity contribution in [3.63, 3.8) is 0 Å². The third kappa shape index (κ3) is 1.32. The van der Waals surface area contributed by atoms with Gasteiger partial charge in [0.15, 0.2) is 5.65 Å². The highest BCUT2D eigenvalue weighted by Crippen LogP contribution is 2.20. The summed E-state index contributed by atoms with van der Waals surface area (Å²) in [7, 11) is 0. The fourth-order valence-electron chi connectivity index (χ4n) is 1.41. The SMILES string of the molecule is CC(C)(C)n1cnc2cc(N)cnc21. The maximum Gasteiger partial charge on any atom is 0.160 e. The maximum absolute atomic E-state index is 5.63. The molecule has 0 aliphatic carbocycles. The molecule has 2 N–H and O–H groups in total. The average Bonchev–Trinajstić information content (AvgIpc) is 2.45. The number of anilines is 1. The van der Waals surface area contributed by atoms with Gasteiger partial charge in [-0.25, -0.2) is 9.97 Å². The van der Waals surface area contributed by atoms with Crippen LogP contribution in [0.3, 0.4) is 0 Å². The monoisotopic (exact) mass is 190 g/mol. The number of pyridine rings is 1. The van der Waals surface area contributed by atoms with Gasteiger partial charge in [0.1, 0.15) is 5.52 Å². The van der Waals surface area contributed by atoms with Crippen molar-refractivity contribution in [2.75, 3.05) is 5.73 Å². The molecule has 14 heavy (non-hydrogen) atoms. The third-order valence-corrected chi connectivity index (χ3v) is 2.13. The highest BCUT2D eigenvalue weighted by Gasteiger charge is 2.16. The lowest BCUT2D eigenvalue weighted by atomic mass is 10.1. The maximum atomic E-state index is 5.63. The van der Waals surface area contributed by atoms with Crippen molar-refractivity contribution < 1.29 is 0 Å². The molecule has 2 aromatic heterocycles. The summed E-state index contributed by atoms with van der Waals surface area (Å²) in [5, 5.41) is 0. The van der Waals surface area contributed by atoms with E-state index in [1.165, 1.54) is 0 Å². The van der Waals surface area contributed by atoms with Gasteiger partial charge in [-0.2, -0.15) is 0 Å². The van der Waals surface area contributed by atoms with Crippen LogP contribution in [0.5, 0.6) is 0 Å². The first-order chi connectivity index (χ1) is 6.48. The Balaban J connectivity index is 2.70. The van der Waals surface area contributed by atoms with Gasteiger partial charge in [-0.3, -0.25) is 0 Å².